The van der Waals surface area contributed by atoms with Crippen molar-refractivity contribution in [3.05, 3.63) is 77.1 Å². The van der Waals surface area contributed by atoms with E-state index in [9.17, 15) is 9.59 Å². The molecule has 1 amide bonds. The first kappa shape index (κ1) is 22.7. The number of ether oxygens (including phenoxy) is 2. The van der Waals surface area contributed by atoms with Crippen LogP contribution in [0.3, 0.4) is 0 Å². The highest BCUT2D eigenvalue weighted by atomic mass is 16.5. The van der Waals surface area contributed by atoms with E-state index in [1.165, 1.54) is 0 Å². The lowest BCUT2D eigenvalue weighted by atomic mass is 9.73. The molecular weight excluding hydrogens is 444 g/mol. The van der Waals surface area contributed by atoms with Crippen molar-refractivity contribution in [1.29, 1.82) is 0 Å². The number of carbonyl (C=O) groups is 2. The minimum Gasteiger partial charge on any atom is -0.497 e. The Hall–Kier alpha value is -4.07. The maximum Gasteiger partial charge on any atom is 0.261 e. The molecule has 8 nitrogen and oxygen atoms in total. The monoisotopic (exact) mass is 472 g/mol. The predicted molar refractivity (Wildman–Crippen MR) is 133 cm³/mol. The van der Waals surface area contributed by atoms with Gasteiger partial charge in [0.25, 0.3) is 5.91 Å². The number of methoxy groups -OCH3 is 2. The molecule has 8 heteroatoms. The number of Topliss-reactive ketones (excluding diaryl/α,β-unsaturated/α-hetero) is 1. The predicted octanol–water partition coefficient (Wildman–Crippen LogP) is 4.81. The summed E-state index contributed by atoms with van der Waals surface area (Å²) in [5.74, 6) is 1.73. The van der Waals surface area contributed by atoms with E-state index >= 15 is 0 Å². The minimum atomic E-state index is -0.436. The van der Waals surface area contributed by atoms with Gasteiger partial charge < -0.3 is 20.1 Å². The molecule has 1 unspecified atom stereocenters. The number of nitrogens with zero attached hydrogens (tertiary/aromatic N) is 2. The molecule has 0 fully saturated rings. The molecule has 0 radical (unpaired) electrons. The third kappa shape index (κ3) is 4.16. The maximum atomic E-state index is 13.3. The van der Waals surface area contributed by atoms with Crippen LogP contribution >= 0.6 is 0 Å². The second kappa shape index (κ2) is 8.61. The summed E-state index contributed by atoms with van der Waals surface area (Å²) in [6.07, 6.45) is 2.70. The van der Waals surface area contributed by atoms with E-state index in [2.05, 4.69) is 29.6 Å². The number of allylic oxidation sites excluding steroid dienone is 2. The van der Waals surface area contributed by atoms with E-state index in [4.69, 9.17) is 9.47 Å². The van der Waals surface area contributed by atoms with Gasteiger partial charge >= 0.3 is 0 Å². The zero-order chi connectivity index (χ0) is 24.7. The van der Waals surface area contributed by atoms with E-state index in [1.807, 2.05) is 36.4 Å². The average Bonchev–Trinajstić information content (AvgIpc) is 3.26. The third-order valence-electron chi connectivity index (χ3n) is 6.51. The van der Waals surface area contributed by atoms with Crippen LogP contribution in [0.15, 0.2) is 66.0 Å². The molecule has 0 saturated heterocycles. The lowest BCUT2D eigenvalue weighted by molar-refractivity contribution is -0.118. The number of amides is 1. The highest BCUT2D eigenvalue weighted by molar-refractivity contribution is 6.08. The van der Waals surface area contributed by atoms with E-state index in [-0.39, 0.29) is 17.1 Å². The molecule has 1 aliphatic heterocycles. The molecule has 180 valence electrons. The van der Waals surface area contributed by atoms with Gasteiger partial charge in [0.2, 0.25) is 0 Å². The number of ketones is 1. The van der Waals surface area contributed by atoms with Crippen molar-refractivity contribution in [3.63, 3.8) is 0 Å². The van der Waals surface area contributed by atoms with Crippen LogP contribution in [0.2, 0.25) is 0 Å². The van der Waals surface area contributed by atoms with Crippen molar-refractivity contribution in [2.45, 2.75) is 32.7 Å². The number of hydrogen-bond acceptors (Lipinski definition) is 6. The van der Waals surface area contributed by atoms with Crippen LogP contribution in [0.5, 0.6) is 11.5 Å². The Morgan fingerprint density at radius 3 is 2.54 bits per heavy atom. The fourth-order valence-electron chi connectivity index (χ4n) is 4.87. The zero-order valence-electron chi connectivity index (χ0n) is 20.2. The number of carbonyl (C=O) groups excluding carboxylic acids is 2. The zero-order valence-corrected chi connectivity index (χ0v) is 20.2. The molecule has 2 aromatic carbocycles. The van der Waals surface area contributed by atoms with Crippen molar-refractivity contribution in [2.75, 3.05) is 24.9 Å². The maximum absolute atomic E-state index is 13.3. The average molecular weight is 473 g/mol. The highest BCUT2D eigenvalue weighted by Gasteiger charge is 2.42. The van der Waals surface area contributed by atoms with Crippen LogP contribution < -0.4 is 20.1 Å². The molecule has 3 aromatic rings. The minimum absolute atomic E-state index is 0.0908. The summed E-state index contributed by atoms with van der Waals surface area (Å²) < 4.78 is 12.3. The summed E-state index contributed by atoms with van der Waals surface area (Å²) in [4.78, 5) is 26.6. The lowest BCUT2D eigenvalue weighted by Crippen LogP contribution is -2.37. The third-order valence-corrected chi connectivity index (χ3v) is 6.51. The molecule has 0 bridgehead atoms. The molecule has 1 aliphatic carbocycles. The van der Waals surface area contributed by atoms with Gasteiger partial charge in [-0.05, 0) is 41.7 Å². The number of benzene rings is 2. The Morgan fingerprint density at radius 2 is 1.83 bits per heavy atom. The van der Waals surface area contributed by atoms with Gasteiger partial charge in [0.15, 0.2) is 5.78 Å². The second-order valence-corrected chi connectivity index (χ2v) is 9.67. The Morgan fingerprint density at radius 1 is 1.09 bits per heavy atom. The largest absolute Gasteiger partial charge is 0.497 e. The Bertz CT molecular complexity index is 1340. The molecule has 1 atom stereocenters. The molecule has 0 saturated carbocycles. The van der Waals surface area contributed by atoms with Crippen molar-refractivity contribution in [2.24, 2.45) is 5.41 Å². The van der Waals surface area contributed by atoms with E-state index in [1.54, 1.807) is 37.2 Å². The summed E-state index contributed by atoms with van der Waals surface area (Å²) in [6, 6.07) is 14.4. The normalized spacial score (nSPS) is 18.3. The van der Waals surface area contributed by atoms with Gasteiger partial charge in [-0.25, -0.2) is 4.68 Å². The first-order valence-electron chi connectivity index (χ1n) is 11.5. The Balaban J connectivity index is 1.57. The van der Waals surface area contributed by atoms with Crippen LogP contribution in [-0.4, -0.2) is 35.7 Å². The van der Waals surface area contributed by atoms with Crippen molar-refractivity contribution in [1.82, 2.24) is 9.78 Å². The standard InChI is InChI=1S/C27H28N4O4/c1-27(2)13-21-23(22(32)14-27)24(16-8-10-18(34-3)11-9-16)31-25(30-21)20(15-28-31)26(33)29-17-6-5-7-19(12-17)35-4/h5-12,15,24,30H,13-14H2,1-4H3,(H,29,33). The van der Waals surface area contributed by atoms with Crippen LogP contribution in [0.1, 0.15) is 48.7 Å². The van der Waals surface area contributed by atoms with Gasteiger partial charge in [-0.3, -0.25) is 9.59 Å². The molecule has 0 spiro atoms. The van der Waals surface area contributed by atoms with Crippen molar-refractivity contribution < 1.29 is 19.1 Å². The summed E-state index contributed by atoms with van der Waals surface area (Å²) in [5.41, 5.74) is 3.27. The Labute approximate surface area is 203 Å². The second-order valence-electron chi connectivity index (χ2n) is 9.67. The van der Waals surface area contributed by atoms with Gasteiger partial charge in [0.05, 0.1) is 20.4 Å². The Kier molecular flexibility index (Phi) is 5.59. The SMILES string of the molecule is COc1ccc(C2C3=C(CC(C)(C)CC3=O)Nc3c(C(=O)Nc4cccc(OC)c4)cnn32)cc1. The number of aromatic nitrogens is 2. The summed E-state index contributed by atoms with van der Waals surface area (Å²) in [6.45, 7) is 4.17. The van der Waals surface area contributed by atoms with Crippen molar-refractivity contribution in [3.8, 4) is 11.5 Å². The fraction of sp³-hybridized carbons (Fsp3) is 0.296. The summed E-state index contributed by atoms with van der Waals surface area (Å²) in [7, 11) is 3.20. The van der Waals surface area contributed by atoms with E-state index in [0.29, 0.717) is 41.2 Å². The molecule has 5 rings (SSSR count). The molecule has 35 heavy (non-hydrogen) atoms. The quantitative estimate of drug-likeness (QED) is 0.553. The van der Waals surface area contributed by atoms with Gasteiger partial charge in [0, 0.05) is 29.4 Å². The van der Waals surface area contributed by atoms with Gasteiger partial charge in [-0.1, -0.05) is 32.0 Å². The number of fused-ring (bicyclic) bond motifs is 1. The number of hydrogen-bond donors (Lipinski definition) is 2. The van der Waals surface area contributed by atoms with E-state index in [0.717, 1.165) is 17.0 Å². The van der Waals surface area contributed by atoms with Crippen LogP contribution in [0, 0.1) is 5.41 Å². The van der Waals surface area contributed by atoms with Gasteiger partial charge in [0.1, 0.15) is 28.9 Å². The molecule has 2 aliphatic rings. The molecule has 2 heterocycles. The van der Waals surface area contributed by atoms with E-state index < -0.39 is 6.04 Å². The summed E-state index contributed by atoms with van der Waals surface area (Å²) >= 11 is 0. The fourth-order valence-corrected chi connectivity index (χ4v) is 4.87. The summed E-state index contributed by atoms with van der Waals surface area (Å²) in [5, 5.41) is 10.9. The number of anilines is 2. The number of rotatable bonds is 5. The molecular formula is C27H28N4O4. The van der Waals surface area contributed by atoms with Crippen LogP contribution in [0.25, 0.3) is 0 Å². The lowest BCUT2D eigenvalue weighted by Gasteiger charge is -2.39. The first-order chi connectivity index (χ1) is 16.8. The molecule has 1 aromatic heterocycles. The van der Waals surface area contributed by atoms with Gasteiger partial charge in [-0.15, -0.1) is 0 Å². The van der Waals surface area contributed by atoms with Crippen LogP contribution in [0.4, 0.5) is 11.5 Å². The van der Waals surface area contributed by atoms with Gasteiger partial charge in [-0.2, -0.15) is 5.10 Å². The number of nitrogens with one attached hydrogen (secondary N) is 2. The topological polar surface area (TPSA) is 94.5 Å². The van der Waals surface area contributed by atoms with Crippen LogP contribution in [-0.2, 0) is 4.79 Å². The molecule has 2 N–H and O–H groups in total. The highest BCUT2D eigenvalue weighted by Crippen LogP contribution is 2.46. The van der Waals surface area contributed by atoms with Crippen molar-refractivity contribution >= 4 is 23.2 Å². The smallest absolute Gasteiger partial charge is 0.261 e. The first-order valence-corrected chi connectivity index (χ1v) is 11.5.